The quantitative estimate of drug-likeness (QED) is 0.184. The van der Waals surface area contributed by atoms with Gasteiger partial charge in [0, 0.05) is 41.9 Å². The van der Waals surface area contributed by atoms with Gasteiger partial charge in [-0.3, -0.25) is 4.79 Å². The highest BCUT2D eigenvalue weighted by Crippen LogP contribution is 2.33. The lowest BCUT2D eigenvalue weighted by Crippen LogP contribution is -2.36. The molecule has 0 radical (unpaired) electrons. The Balaban J connectivity index is 1.45. The van der Waals surface area contributed by atoms with Crippen molar-refractivity contribution in [2.24, 2.45) is 5.11 Å². The molecule has 9 heteroatoms. The number of unbranched alkanes of at least 4 members (excludes halogenated alkanes) is 1. The molecule has 24 heavy (non-hydrogen) atoms. The predicted molar refractivity (Wildman–Crippen MR) is 93.0 cm³/mol. The molecule has 2 N–H and O–H groups in total. The smallest absolute Gasteiger partial charge is 0.315 e. The maximum absolute atomic E-state index is 11.8. The summed E-state index contributed by atoms with van der Waals surface area (Å²) < 4.78 is 5.27. The normalized spacial score (nSPS) is 24.8. The molecule has 2 aliphatic heterocycles. The SMILES string of the molecule is [N-]=[N+]=NCCOCCCC(=O)CCCC[C@@H]1SC[C@@H]2NC(=O)N[C@@H]21. The van der Waals surface area contributed by atoms with Crippen LogP contribution in [-0.2, 0) is 9.53 Å². The topological polar surface area (TPSA) is 116 Å². The van der Waals surface area contributed by atoms with Crippen LogP contribution in [0.3, 0.4) is 0 Å². The Labute approximate surface area is 146 Å². The molecule has 8 nitrogen and oxygen atoms in total. The molecular weight excluding hydrogens is 330 g/mol. The fraction of sp³-hybridized carbons (Fsp3) is 0.867. The highest BCUT2D eigenvalue weighted by molar-refractivity contribution is 8.00. The fourth-order valence-corrected chi connectivity index (χ4v) is 4.60. The third-order valence-corrected chi connectivity index (χ3v) is 5.78. The van der Waals surface area contributed by atoms with E-state index in [-0.39, 0.29) is 23.9 Å². The van der Waals surface area contributed by atoms with Gasteiger partial charge in [-0.05, 0) is 24.8 Å². The maximum Gasteiger partial charge on any atom is 0.315 e. The summed E-state index contributed by atoms with van der Waals surface area (Å²) in [6, 6.07) is 0.473. The number of amides is 2. The number of ketones is 1. The molecule has 2 rings (SSSR count). The Morgan fingerprint density at radius 1 is 1.29 bits per heavy atom. The Kier molecular flexibility index (Phi) is 8.21. The molecule has 0 spiro atoms. The third-order valence-electron chi connectivity index (χ3n) is 4.28. The molecule has 2 amide bonds. The molecular formula is C15H25N5O3S. The minimum absolute atomic E-state index is 0.0490. The molecule has 0 unspecified atom stereocenters. The van der Waals surface area contributed by atoms with Gasteiger partial charge in [0.2, 0.25) is 0 Å². The van der Waals surface area contributed by atoms with Crippen LogP contribution in [0, 0.1) is 0 Å². The summed E-state index contributed by atoms with van der Waals surface area (Å²) in [6.45, 7) is 1.27. The van der Waals surface area contributed by atoms with E-state index in [0.717, 1.165) is 31.4 Å². The molecule has 0 bridgehead atoms. The van der Waals surface area contributed by atoms with E-state index in [1.807, 2.05) is 11.8 Å². The summed E-state index contributed by atoms with van der Waals surface area (Å²) in [5.41, 5.74) is 8.11. The lowest BCUT2D eigenvalue weighted by atomic mass is 10.0. The number of rotatable bonds is 12. The average molecular weight is 355 g/mol. The van der Waals surface area contributed by atoms with Crippen molar-refractivity contribution < 1.29 is 14.3 Å². The minimum atomic E-state index is -0.0490. The first kappa shape index (κ1) is 18.9. The second kappa shape index (κ2) is 10.4. The van der Waals surface area contributed by atoms with E-state index < -0.39 is 0 Å². The highest BCUT2D eigenvalue weighted by atomic mass is 32.2. The molecule has 2 fully saturated rings. The van der Waals surface area contributed by atoms with Crippen LogP contribution < -0.4 is 10.6 Å². The number of urea groups is 1. The van der Waals surface area contributed by atoms with Gasteiger partial charge < -0.3 is 15.4 Å². The Hall–Kier alpha value is -1.44. The van der Waals surface area contributed by atoms with Crippen LogP contribution in [0.2, 0.25) is 0 Å². The van der Waals surface area contributed by atoms with Crippen molar-refractivity contribution in [1.29, 1.82) is 0 Å². The van der Waals surface area contributed by atoms with Crippen LogP contribution in [0.5, 0.6) is 0 Å². The monoisotopic (exact) mass is 355 g/mol. The minimum Gasteiger partial charge on any atom is -0.381 e. The number of ether oxygens (including phenoxy) is 1. The van der Waals surface area contributed by atoms with Gasteiger partial charge in [0.1, 0.15) is 5.78 Å². The first-order valence-corrected chi connectivity index (χ1v) is 9.54. The summed E-state index contributed by atoms with van der Waals surface area (Å²) in [4.78, 5) is 25.8. The molecule has 0 aliphatic carbocycles. The number of Topliss-reactive ketones (excluding diaryl/α,β-unsaturated/α-hetero) is 1. The molecule has 2 heterocycles. The summed E-state index contributed by atoms with van der Waals surface area (Å²) in [6.07, 6.45) is 4.86. The standard InChI is InChI=1S/C15H25N5O3S/c16-20-17-7-9-23-8-3-5-11(21)4-1-2-6-13-14-12(10-24-13)18-15(22)19-14/h12-14H,1-10H2,(H2,18,19,22)/t12-,13-,14-/m0/s1. The highest BCUT2D eigenvalue weighted by Gasteiger charge is 2.42. The van der Waals surface area contributed by atoms with Gasteiger partial charge in [0.25, 0.3) is 0 Å². The van der Waals surface area contributed by atoms with E-state index in [2.05, 4.69) is 20.7 Å². The number of hydrogen-bond donors (Lipinski definition) is 2. The number of fused-ring (bicyclic) bond motifs is 1. The van der Waals surface area contributed by atoms with E-state index in [1.165, 1.54) is 0 Å². The first-order valence-electron chi connectivity index (χ1n) is 8.49. The van der Waals surface area contributed by atoms with Crippen LogP contribution in [0.25, 0.3) is 10.4 Å². The number of carbonyl (C=O) groups is 2. The van der Waals surface area contributed by atoms with Gasteiger partial charge in [-0.25, -0.2) is 4.79 Å². The van der Waals surface area contributed by atoms with E-state index in [0.29, 0.717) is 37.9 Å². The molecule has 0 saturated carbocycles. The van der Waals surface area contributed by atoms with E-state index in [9.17, 15) is 9.59 Å². The van der Waals surface area contributed by atoms with Crippen molar-refractivity contribution >= 4 is 23.6 Å². The molecule has 2 saturated heterocycles. The molecule has 0 aromatic carbocycles. The van der Waals surface area contributed by atoms with E-state index >= 15 is 0 Å². The van der Waals surface area contributed by atoms with Crippen LogP contribution in [0.4, 0.5) is 4.79 Å². The third kappa shape index (κ3) is 6.22. The molecule has 3 atom stereocenters. The van der Waals surface area contributed by atoms with Gasteiger partial charge in [0.15, 0.2) is 0 Å². The number of carbonyl (C=O) groups excluding carboxylic acids is 2. The molecule has 2 aliphatic rings. The second-order valence-corrected chi connectivity index (χ2v) is 7.35. The lowest BCUT2D eigenvalue weighted by Gasteiger charge is -2.16. The van der Waals surface area contributed by atoms with Crippen molar-refractivity contribution in [1.82, 2.24) is 10.6 Å². The molecule has 134 valence electrons. The van der Waals surface area contributed by atoms with Gasteiger partial charge in [-0.2, -0.15) is 11.8 Å². The Morgan fingerprint density at radius 2 is 2.12 bits per heavy atom. The van der Waals surface area contributed by atoms with Gasteiger partial charge in [0.05, 0.1) is 18.7 Å². The van der Waals surface area contributed by atoms with Gasteiger partial charge in [-0.1, -0.05) is 11.5 Å². The number of nitrogens with zero attached hydrogens (tertiary/aromatic N) is 3. The van der Waals surface area contributed by atoms with Crippen molar-refractivity contribution in [2.75, 3.05) is 25.5 Å². The number of hydrogen-bond acceptors (Lipinski definition) is 5. The Morgan fingerprint density at radius 3 is 2.96 bits per heavy atom. The van der Waals surface area contributed by atoms with Crippen LogP contribution >= 0.6 is 11.8 Å². The Bertz CT molecular complexity index is 484. The van der Waals surface area contributed by atoms with Crippen molar-refractivity contribution in [3.8, 4) is 0 Å². The van der Waals surface area contributed by atoms with Crippen LogP contribution in [0.1, 0.15) is 38.5 Å². The molecule has 0 aromatic rings. The van der Waals surface area contributed by atoms with Gasteiger partial charge in [-0.15, -0.1) is 0 Å². The maximum atomic E-state index is 11.8. The van der Waals surface area contributed by atoms with E-state index in [1.54, 1.807) is 0 Å². The first-order chi connectivity index (χ1) is 11.7. The predicted octanol–water partition coefficient (Wildman–Crippen LogP) is 2.39. The largest absolute Gasteiger partial charge is 0.381 e. The summed E-state index contributed by atoms with van der Waals surface area (Å²) in [5.74, 6) is 1.26. The lowest BCUT2D eigenvalue weighted by molar-refractivity contribution is -0.119. The van der Waals surface area contributed by atoms with E-state index in [4.69, 9.17) is 10.3 Å². The number of azide groups is 1. The number of thioether (sulfide) groups is 1. The average Bonchev–Trinajstić information content (AvgIpc) is 3.10. The summed E-state index contributed by atoms with van der Waals surface area (Å²) >= 11 is 1.91. The van der Waals surface area contributed by atoms with Crippen molar-refractivity contribution in [2.45, 2.75) is 55.9 Å². The summed E-state index contributed by atoms with van der Waals surface area (Å²) in [7, 11) is 0. The fourth-order valence-electron chi connectivity index (χ4n) is 3.06. The van der Waals surface area contributed by atoms with Crippen molar-refractivity contribution in [3.05, 3.63) is 10.4 Å². The zero-order chi connectivity index (χ0) is 17.2. The number of nitrogens with one attached hydrogen (secondary N) is 2. The zero-order valence-corrected chi connectivity index (χ0v) is 14.6. The van der Waals surface area contributed by atoms with Crippen LogP contribution in [-0.4, -0.2) is 54.7 Å². The van der Waals surface area contributed by atoms with Crippen LogP contribution in [0.15, 0.2) is 5.11 Å². The van der Waals surface area contributed by atoms with Gasteiger partial charge >= 0.3 is 6.03 Å². The summed E-state index contributed by atoms with van der Waals surface area (Å²) in [5, 5.41) is 9.77. The second-order valence-electron chi connectivity index (χ2n) is 6.08. The van der Waals surface area contributed by atoms with Crippen molar-refractivity contribution in [3.63, 3.8) is 0 Å². The molecule has 0 aromatic heterocycles. The zero-order valence-electron chi connectivity index (χ0n) is 13.8.